The van der Waals surface area contributed by atoms with Crippen molar-refractivity contribution in [2.24, 2.45) is 0 Å². The molecule has 0 spiro atoms. The largest absolute Gasteiger partial charge is 0.494 e. The molecule has 102 valence electrons. The molecule has 1 heterocycles. The molecule has 0 aliphatic carbocycles. The van der Waals surface area contributed by atoms with E-state index in [4.69, 9.17) is 23.2 Å². The van der Waals surface area contributed by atoms with Crippen molar-refractivity contribution in [2.45, 2.75) is 13.0 Å². The molecule has 0 amide bonds. The van der Waals surface area contributed by atoms with Gasteiger partial charge in [0.1, 0.15) is 0 Å². The number of aromatic hydroxyl groups is 1. The summed E-state index contributed by atoms with van der Waals surface area (Å²) < 4.78 is 1.82. The van der Waals surface area contributed by atoms with Gasteiger partial charge < -0.3 is 9.67 Å². The fraction of sp³-hybridized carbons (Fsp3) is 0.125. The Labute approximate surface area is 127 Å². The topological polar surface area (TPSA) is 25.2 Å². The monoisotopic (exact) mass is 305 g/mol. The third-order valence-electron chi connectivity index (χ3n) is 3.56. The average molecular weight is 306 g/mol. The predicted molar refractivity (Wildman–Crippen MR) is 83.9 cm³/mol. The van der Waals surface area contributed by atoms with Crippen molar-refractivity contribution in [1.82, 2.24) is 4.57 Å². The number of hydrogen-bond acceptors (Lipinski definition) is 1. The van der Waals surface area contributed by atoms with Gasteiger partial charge in [0, 0.05) is 16.6 Å². The summed E-state index contributed by atoms with van der Waals surface area (Å²) in [6.07, 6.45) is 1.91. The highest BCUT2D eigenvalue weighted by atomic mass is 35.5. The SMILES string of the molecule is CC(c1ccc(Cl)cc1)n1cc2cccc(Cl)c2c1O. The molecule has 0 fully saturated rings. The van der Waals surface area contributed by atoms with Crippen molar-refractivity contribution < 1.29 is 5.11 Å². The molecule has 1 unspecified atom stereocenters. The second-order valence-electron chi connectivity index (χ2n) is 4.79. The first-order chi connectivity index (χ1) is 9.58. The van der Waals surface area contributed by atoms with Gasteiger partial charge in [0.2, 0.25) is 5.88 Å². The number of halogens is 2. The van der Waals surface area contributed by atoms with E-state index in [2.05, 4.69) is 0 Å². The summed E-state index contributed by atoms with van der Waals surface area (Å²) in [6, 6.07) is 13.2. The van der Waals surface area contributed by atoms with E-state index >= 15 is 0 Å². The van der Waals surface area contributed by atoms with Gasteiger partial charge in [0.05, 0.1) is 16.5 Å². The van der Waals surface area contributed by atoms with E-state index in [0.717, 1.165) is 10.9 Å². The number of rotatable bonds is 2. The van der Waals surface area contributed by atoms with Crippen LogP contribution in [0.1, 0.15) is 18.5 Å². The number of hydrogen-bond donors (Lipinski definition) is 1. The Hall–Kier alpha value is -1.64. The van der Waals surface area contributed by atoms with E-state index in [1.54, 1.807) is 6.07 Å². The Kier molecular flexibility index (Phi) is 3.36. The van der Waals surface area contributed by atoms with Crippen LogP contribution in [-0.2, 0) is 0 Å². The standard InChI is InChI=1S/C16H13Cl2NO/c1-10(11-5-7-13(17)8-6-11)19-9-12-3-2-4-14(18)15(12)16(19)20/h2-10,20H,1H3. The van der Waals surface area contributed by atoms with Crippen molar-refractivity contribution in [2.75, 3.05) is 0 Å². The van der Waals surface area contributed by atoms with Crippen LogP contribution < -0.4 is 0 Å². The van der Waals surface area contributed by atoms with E-state index in [9.17, 15) is 5.11 Å². The minimum Gasteiger partial charge on any atom is -0.494 e. The van der Waals surface area contributed by atoms with E-state index in [1.165, 1.54) is 0 Å². The van der Waals surface area contributed by atoms with E-state index < -0.39 is 0 Å². The highest BCUT2D eigenvalue weighted by Gasteiger charge is 2.16. The highest BCUT2D eigenvalue weighted by molar-refractivity contribution is 6.36. The molecule has 20 heavy (non-hydrogen) atoms. The molecule has 1 aromatic heterocycles. The Bertz CT molecular complexity index is 762. The van der Waals surface area contributed by atoms with Crippen molar-refractivity contribution >= 4 is 34.0 Å². The van der Waals surface area contributed by atoms with Crippen LogP contribution in [0.5, 0.6) is 5.88 Å². The van der Waals surface area contributed by atoms with Crippen LogP contribution in [0.2, 0.25) is 10.0 Å². The summed E-state index contributed by atoms with van der Waals surface area (Å²) in [5, 5.41) is 13.3. The fourth-order valence-corrected chi connectivity index (χ4v) is 2.81. The molecule has 4 heteroatoms. The molecule has 0 aliphatic heterocycles. The number of fused-ring (bicyclic) bond motifs is 1. The smallest absolute Gasteiger partial charge is 0.201 e. The van der Waals surface area contributed by atoms with Crippen LogP contribution in [0.25, 0.3) is 10.8 Å². The number of benzene rings is 2. The summed E-state index contributed by atoms with van der Waals surface area (Å²) in [4.78, 5) is 0. The lowest BCUT2D eigenvalue weighted by atomic mass is 10.1. The maximum Gasteiger partial charge on any atom is 0.201 e. The summed E-state index contributed by atoms with van der Waals surface area (Å²) >= 11 is 12.1. The maximum atomic E-state index is 10.4. The van der Waals surface area contributed by atoms with Gasteiger partial charge in [0.15, 0.2) is 0 Å². The van der Waals surface area contributed by atoms with Crippen molar-refractivity contribution in [3.63, 3.8) is 0 Å². The molecule has 0 saturated carbocycles. The third-order valence-corrected chi connectivity index (χ3v) is 4.13. The Morgan fingerprint density at radius 1 is 1.05 bits per heavy atom. The Morgan fingerprint density at radius 2 is 1.75 bits per heavy atom. The van der Waals surface area contributed by atoms with Gasteiger partial charge in [0.25, 0.3) is 0 Å². The lowest BCUT2D eigenvalue weighted by Gasteiger charge is -2.15. The number of nitrogens with zero attached hydrogens (tertiary/aromatic N) is 1. The lowest BCUT2D eigenvalue weighted by molar-refractivity contribution is 0.412. The van der Waals surface area contributed by atoms with Crippen LogP contribution in [0, 0.1) is 0 Å². The van der Waals surface area contributed by atoms with Gasteiger partial charge in [-0.25, -0.2) is 0 Å². The molecular formula is C16H13Cl2NO. The zero-order valence-corrected chi connectivity index (χ0v) is 12.4. The van der Waals surface area contributed by atoms with Gasteiger partial charge in [-0.2, -0.15) is 0 Å². The summed E-state index contributed by atoms with van der Waals surface area (Å²) in [5.41, 5.74) is 1.07. The fourth-order valence-electron chi connectivity index (χ4n) is 2.42. The highest BCUT2D eigenvalue weighted by Crippen LogP contribution is 2.36. The molecule has 0 radical (unpaired) electrons. The van der Waals surface area contributed by atoms with E-state index in [0.29, 0.717) is 15.4 Å². The van der Waals surface area contributed by atoms with Crippen molar-refractivity contribution in [1.29, 1.82) is 0 Å². The molecule has 0 saturated heterocycles. The minimum absolute atomic E-state index is 0.00395. The van der Waals surface area contributed by atoms with Crippen LogP contribution in [-0.4, -0.2) is 9.67 Å². The minimum atomic E-state index is -0.00395. The van der Waals surface area contributed by atoms with Gasteiger partial charge >= 0.3 is 0 Å². The third kappa shape index (κ3) is 2.15. The summed E-state index contributed by atoms with van der Waals surface area (Å²) in [6.45, 7) is 2.02. The predicted octanol–water partition coefficient (Wildman–Crippen LogP) is 5.26. The molecule has 3 rings (SSSR count). The molecule has 0 aliphatic rings. The lowest BCUT2D eigenvalue weighted by Crippen LogP contribution is -2.04. The molecule has 2 aromatic carbocycles. The summed E-state index contributed by atoms with van der Waals surface area (Å²) in [7, 11) is 0. The molecule has 3 aromatic rings. The van der Waals surface area contributed by atoms with Crippen molar-refractivity contribution in [3.05, 3.63) is 64.3 Å². The zero-order chi connectivity index (χ0) is 14.3. The zero-order valence-electron chi connectivity index (χ0n) is 10.8. The van der Waals surface area contributed by atoms with Crippen LogP contribution in [0.3, 0.4) is 0 Å². The van der Waals surface area contributed by atoms with Crippen LogP contribution in [0.4, 0.5) is 0 Å². The Morgan fingerprint density at radius 3 is 2.40 bits per heavy atom. The first kappa shape index (κ1) is 13.3. The maximum absolute atomic E-state index is 10.4. The quantitative estimate of drug-likeness (QED) is 0.686. The average Bonchev–Trinajstić information content (AvgIpc) is 2.77. The normalized spacial score (nSPS) is 12.8. The Balaban J connectivity index is 2.12. The second kappa shape index (κ2) is 5.04. The summed E-state index contributed by atoms with van der Waals surface area (Å²) in [5.74, 6) is 0.188. The van der Waals surface area contributed by atoms with E-state index in [-0.39, 0.29) is 11.9 Å². The van der Waals surface area contributed by atoms with Gasteiger partial charge in [-0.3, -0.25) is 0 Å². The van der Waals surface area contributed by atoms with Gasteiger partial charge in [-0.1, -0.05) is 47.5 Å². The first-order valence-corrected chi connectivity index (χ1v) is 7.07. The van der Waals surface area contributed by atoms with Gasteiger partial charge in [-0.05, 0) is 30.7 Å². The second-order valence-corrected chi connectivity index (χ2v) is 5.64. The van der Waals surface area contributed by atoms with Crippen molar-refractivity contribution in [3.8, 4) is 5.88 Å². The molecule has 1 N–H and O–H groups in total. The van der Waals surface area contributed by atoms with E-state index in [1.807, 2.05) is 54.1 Å². The van der Waals surface area contributed by atoms with Crippen LogP contribution >= 0.6 is 23.2 Å². The molecular weight excluding hydrogens is 293 g/mol. The van der Waals surface area contributed by atoms with Crippen LogP contribution in [0.15, 0.2) is 48.7 Å². The molecule has 1 atom stereocenters. The molecule has 0 bridgehead atoms. The number of aromatic nitrogens is 1. The molecule has 2 nitrogen and oxygen atoms in total. The van der Waals surface area contributed by atoms with Gasteiger partial charge in [-0.15, -0.1) is 0 Å². The first-order valence-electron chi connectivity index (χ1n) is 6.31.